The lowest BCUT2D eigenvalue weighted by atomic mass is 9.96. The lowest BCUT2D eigenvalue weighted by molar-refractivity contribution is -0.156. The molecule has 2 aromatic rings. The highest BCUT2D eigenvalue weighted by atomic mass is 33.1. The highest BCUT2D eigenvalue weighted by Gasteiger charge is 2.45. The number of nitrogens with zero attached hydrogens (tertiary/aromatic N) is 4. The third-order valence-corrected chi connectivity index (χ3v) is 15.2. The minimum absolute atomic E-state index is 0.0134. The molecule has 4 aliphatic rings. The number of piperazine rings is 1. The van der Waals surface area contributed by atoms with Crippen LogP contribution in [0.5, 0.6) is 0 Å². The molecular formula is C48H67N15O11S2. The summed E-state index contributed by atoms with van der Waals surface area (Å²) in [5, 5.41) is 12.7. The number of aliphatic imine (C=N–C) groups is 1. The van der Waals surface area contributed by atoms with Crippen LogP contribution in [0.4, 0.5) is 0 Å². The Hall–Kier alpha value is -7.46. The maximum absolute atomic E-state index is 14.9. The van der Waals surface area contributed by atoms with Gasteiger partial charge in [0.2, 0.25) is 65.0 Å². The smallest absolute Gasteiger partial charge is 0.246 e. The van der Waals surface area contributed by atoms with E-state index >= 15 is 0 Å². The van der Waals surface area contributed by atoms with E-state index in [4.69, 9.17) is 34.4 Å². The largest absolute Gasteiger partial charge is 0.370 e. The molecule has 2 bridgehead atoms. The van der Waals surface area contributed by atoms with Gasteiger partial charge in [-0.05, 0) is 43.2 Å². The number of carbonyl (C=O) groups is 11. The van der Waals surface area contributed by atoms with Gasteiger partial charge in [-0.15, -0.1) is 0 Å². The second-order valence-electron chi connectivity index (χ2n) is 18.4. The van der Waals surface area contributed by atoms with E-state index in [0.717, 1.165) is 21.6 Å². The summed E-state index contributed by atoms with van der Waals surface area (Å²) in [7, 11) is 2.12. The fourth-order valence-corrected chi connectivity index (χ4v) is 11.2. The molecule has 26 nitrogen and oxygen atoms in total. The van der Waals surface area contributed by atoms with Gasteiger partial charge in [0, 0.05) is 56.9 Å². The average Bonchev–Trinajstić information content (AvgIpc) is 3.88. The molecule has 4 saturated heterocycles. The summed E-state index contributed by atoms with van der Waals surface area (Å²) in [6.07, 6.45) is -0.925. The first-order valence-electron chi connectivity index (χ1n) is 24.6. The zero-order valence-electron chi connectivity index (χ0n) is 41.8. The Balaban J connectivity index is 1.50. The van der Waals surface area contributed by atoms with Crippen LogP contribution in [0.2, 0.25) is 0 Å². The van der Waals surface area contributed by atoms with Crippen LogP contribution in [0.25, 0.3) is 0 Å². The number of nitrogens with one attached hydrogen (secondary N) is 5. The molecule has 2 aromatic carbocycles. The summed E-state index contributed by atoms with van der Waals surface area (Å²) in [6, 6.07) is 6.87. The Morgan fingerprint density at radius 2 is 1.29 bits per heavy atom. The summed E-state index contributed by atoms with van der Waals surface area (Å²) < 4.78 is 0. The molecule has 4 fully saturated rings. The highest BCUT2D eigenvalue weighted by Crippen LogP contribution is 2.28. The minimum Gasteiger partial charge on any atom is -0.370 e. The number of guanidine groups is 1. The number of hydrogen-bond donors (Lipinski definition) is 11. The molecule has 0 radical (unpaired) electrons. The van der Waals surface area contributed by atoms with E-state index in [-0.39, 0.29) is 75.7 Å². The van der Waals surface area contributed by atoms with Crippen molar-refractivity contribution in [3.8, 4) is 0 Å². The normalized spacial score (nSPS) is 23.3. The number of benzene rings is 2. The van der Waals surface area contributed by atoms with Gasteiger partial charge in [0.1, 0.15) is 42.3 Å². The molecule has 0 aromatic heterocycles. The van der Waals surface area contributed by atoms with Crippen LogP contribution in [0.3, 0.4) is 0 Å². The first kappa shape index (κ1) is 59.4. The molecule has 8 atom stereocenters. The molecule has 0 spiro atoms. The van der Waals surface area contributed by atoms with Crippen molar-refractivity contribution >= 4 is 92.5 Å². The Morgan fingerprint density at radius 3 is 1.89 bits per heavy atom. The number of rotatable bonds is 19. The second-order valence-corrected chi connectivity index (χ2v) is 20.9. The molecule has 4 heterocycles. The van der Waals surface area contributed by atoms with Crippen molar-refractivity contribution < 1.29 is 52.7 Å². The van der Waals surface area contributed by atoms with Crippen LogP contribution in [-0.4, -0.2) is 178 Å². The average molecular weight is 1090 g/mol. The molecule has 0 aliphatic carbocycles. The summed E-state index contributed by atoms with van der Waals surface area (Å²) >= 11 is 0. The van der Waals surface area contributed by atoms with Gasteiger partial charge in [-0.2, -0.15) is 0 Å². The number of hydrogen-bond acceptors (Lipinski definition) is 15. The van der Waals surface area contributed by atoms with Crippen LogP contribution >= 0.6 is 21.6 Å². The molecule has 76 heavy (non-hydrogen) atoms. The van der Waals surface area contributed by atoms with Crippen LogP contribution < -0.4 is 61.0 Å². The van der Waals surface area contributed by atoms with Crippen LogP contribution in [-0.2, 0) is 65.6 Å². The number of carbonyl (C=O) groups excluding carboxylic acids is 11. The maximum Gasteiger partial charge on any atom is 0.246 e. The molecular weight excluding hydrogens is 1030 g/mol. The number of primary amides is 3. The fraction of sp³-hybridized carbons (Fsp3) is 0.500. The van der Waals surface area contributed by atoms with Gasteiger partial charge in [-0.3, -0.25) is 57.7 Å². The Kier molecular flexibility index (Phi) is 22.7. The second kappa shape index (κ2) is 29.0. The lowest BCUT2D eigenvalue weighted by Crippen LogP contribution is -2.66. The van der Waals surface area contributed by atoms with Gasteiger partial charge in [-0.1, -0.05) is 82.3 Å². The number of nitrogens with two attached hydrogens (primary N) is 6. The highest BCUT2D eigenvalue weighted by molar-refractivity contribution is 8.76. The lowest BCUT2D eigenvalue weighted by Gasteiger charge is -2.44. The van der Waals surface area contributed by atoms with E-state index in [2.05, 4.69) is 31.6 Å². The van der Waals surface area contributed by atoms with Crippen molar-refractivity contribution in [3.63, 3.8) is 0 Å². The summed E-state index contributed by atoms with van der Waals surface area (Å²) in [5.41, 5.74) is 35.1. The first-order chi connectivity index (χ1) is 36.2. The Morgan fingerprint density at radius 1 is 0.697 bits per heavy atom. The predicted molar refractivity (Wildman–Crippen MR) is 281 cm³/mol. The van der Waals surface area contributed by atoms with Crippen molar-refractivity contribution in [2.24, 2.45) is 39.4 Å². The molecule has 17 N–H and O–H groups in total. The van der Waals surface area contributed by atoms with Crippen molar-refractivity contribution in [2.45, 2.75) is 106 Å². The Labute approximate surface area is 446 Å². The van der Waals surface area contributed by atoms with Crippen molar-refractivity contribution in [3.05, 3.63) is 71.8 Å². The van der Waals surface area contributed by atoms with Crippen molar-refractivity contribution in [1.29, 1.82) is 0 Å². The third kappa shape index (κ3) is 17.6. The van der Waals surface area contributed by atoms with Gasteiger partial charge < -0.3 is 75.7 Å². The summed E-state index contributed by atoms with van der Waals surface area (Å²) in [4.78, 5) is 158. The summed E-state index contributed by atoms with van der Waals surface area (Å²) in [6.45, 7) is -0.549. The SMILES string of the molecule is NC(=O)CC[C@@H]1NC(=O)[C@H](Cc2ccccc2)N2CCN(C(=O)[C@H](N)CSSC[C@H](C(=O)N3CCC[C@H]3C(=O)N[C@@H](CCCN=C(N)N)C(=O)NCC(N)=O)NC(=O)[C@H](CC(N)=O)NC1=O)[C@@H](Cc1ccccc1)C2=O. The molecule has 412 valence electrons. The molecule has 6 rings (SSSR count). The van der Waals surface area contributed by atoms with E-state index in [1.165, 1.54) is 14.7 Å². The summed E-state index contributed by atoms with van der Waals surface area (Å²) in [5.74, 6) is -9.53. The zero-order valence-corrected chi connectivity index (χ0v) is 43.4. The van der Waals surface area contributed by atoms with E-state index in [1.54, 1.807) is 60.7 Å². The predicted octanol–water partition coefficient (Wildman–Crippen LogP) is -4.67. The monoisotopic (exact) mass is 1090 g/mol. The number of amides is 11. The molecule has 28 heteroatoms. The van der Waals surface area contributed by atoms with E-state index in [1.807, 2.05) is 0 Å². The van der Waals surface area contributed by atoms with Gasteiger partial charge in [-0.25, -0.2) is 0 Å². The quantitative estimate of drug-likeness (QED) is 0.0207. The van der Waals surface area contributed by atoms with Gasteiger partial charge >= 0.3 is 0 Å². The van der Waals surface area contributed by atoms with Gasteiger partial charge in [0.25, 0.3) is 0 Å². The molecule has 4 aliphatic heterocycles. The van der Waals surface area contributed by atoms with Gasteiger partial charge in [0.15, 0.2) is 5.96 Å². The molecule has 11 amide bonds. The van der Waals surface area contributed by atoms with E-state index in [9.17, 15) is 52.7 Å². The van der Waals surface area contributed by atoms with Gasteiger partial charge in [0.05, 0.1) is 19.0 Å². The maximum atomic E-state index is 14.9. The molecule has 0 saturated carbocycles. The standard InChI is InChI=1S/C48H67N15O11S2/c49-29-25-75-76-26-33(46(73)61-18-8-14-34(61)43(70)57-30(13-7-17-55-48(53)54)40(67)56-24-39(52)66)60-42(69)32(23-38(51)65)59-41(68)31(15-16-37(50)64)58-44(71)35(21-27-9-3-1-4-10-27)62-19-20-63(45(29)72)36(47(62)74)22-28-11-5-2-6-12-28/h1-6,9-12,29-36H,7-8,13-26,49H2,(H2,50,64)(H2,51,65)(H2,52,66)(H,56,67)(H,57,70)(H,58,71)(H,59,68)(H,60,69)(H4,53,54,55)/t29-,30+,31+,32+,33-,34+,35+,36+/m1/s1. The van der Waals surface area contributed by atoms with Crippen LogP contribution in [0.15, 0.2) is 65.7 Å². The van der Waals surface area contributed by atoms with Crippen molar-refractivity contribution in [2.75, 3.05) is 44.2 Å². The van der Waals surface area contributed by atoms with Crippen molar-refractivity contribution in [1.82, 2.24) is 41.3 Å². The Bertz CT molecular complexity index is 2470. The number of likely N-dealkylation sites (tertiary alicyclic amines) is 1. The third-order valence-electron chi connectivity index (χ3n) is 12.7. The zero-order chi connectivity index (χ0) is 55.5. The first-order valence-corrected chi connectivity index (χ1v) is 27.1. The molecule has 0 unspecified atom stereocenters. The fourth-order valence-electron chi connectivity index (χ4n) is 8.91. The topological polar surface area (TPSA) is 426 Å². The van der Waals surface area contributed by atoms with E-state index < -0.39 is 139 Å². The van der Waals surface area contributed by atoms with Crippen LogP contribution in [0, 0.1) is 0 Å². The minimum atomic E-state index is -1.77. The van der Waals surface area contributed by atoms with Crippen LogP contribution in [0.1, 0.15) is 56.1 Å². The van der Waals surface area contributed by atoms with E-state index in [0.29, 0.717) is 17.5 Å². The number of fused-ring (bicyclic) bond motifs is 17.